The molecule has 3 aromatic rings. The summed E-state index contributed by atoms with van der Waals surface area (Å²) in [5.41, 5.74) is 4.49. The number of benzene rings is 2. The number of nitrogens with one attached hydrogen (secondary N) is 1. The summed E-state index contributed by atoms with van der Waals surface area (Å²) in [7, 11) is 0. The smallest absolute Gasteiger partial charge is 0.419 e. The maximum atomic E-state index is 13.1. The molecule has 0 saturated carbocycles. The molecule has 32 heavy (non-hydrogen) atoms. The third kappa shape index (κ3) is 5.39. The van der Waals surface area contributed by atoms with Crippen molar-refractivity contribution >= 4 is 28.6 Å². The molecule has 1 N–H and O–H groups in total. The Morgan fingerprint density at radius 3 is 2.09 bits per heavy atom. The maximum absolute atomic E-state index is 13.1. The molecule has 170 valence electrons. The van der Waals surface area contributed by atoms with Crippen molar-refractivity contribution in [1.82, 2.24) is 4.57 Å². The summed E-state index contributed by atoms with van der Waals surface area (Å²) >= 11 is 0. The molecule has 1 aromatic heterocycles. The van der Waals surface area contributed by atoms with Crippen LogP contribution in [0.15, 0.2) is 42.5 Å². The molecule has 0 atom stereocenters. The lowest BCUT2D eigenvalue weighted by Gasteiger charge is -2.22. The van der Waals surface area contributed by atoms with Crippen LogP contribution in [0.2, 0.25) is 0 Å². The number of carbonyl (C=O) groups is 2. The maximum Gasteiger partial charge on any atom is 0.419 e. The number of anilines is 1. The zero-order valence-corrected chi connectivity index (χ0v) is 20.4. The average molecular weight is 435 g/mol. The summed E-state index contributed by atoms with van der Waals surface area (Å²) in [5.74, 6) is -0.000631. The minimum atomic E-state index is -0.604. The third-order valence-electron chi connectivity index (χ3n) is 5.07. The Kier molecular flexibility index (Phi) is 6.23. The zero-order chi connectivity index (χ0) is 23.8. The Balaban J connectivity index is 2.07. The van der Waals surface area contributed by atoms with Crippen molar-refractivity contribution in [3.8, 4) is 11.3 Å². The Hall–Kier alpha value is -3.08. The standard InChI is InChI=1S/C27H34N2O3/c1-17-13-20(14-18(2)24(17)28-23(30)16-26(3,4)5)22-15-19-11-9-10-12-21(19)29(22)25(31)32-27(6,7)8/h9-15H,16H2,1-8H3,(H,28,30). The van der Waals surface area contributed by atoms with E-state index in [9.17, 15) is 9.59 Å². The van der Waals surface area contributed by atoms with Crippen LogP contribution in [0, 0.1) is 19.3 Å². The van der Waals surface area contributed by atoms with Gasteiger partial charge in [0.1, 0.15) is 5.60 Å². The van der Waals surface area contributed by atoms with E-state index in [0.29, 0.717) is 6.42 Å². The van der Waals surface area contributed by atoms with Gasteiger partial charge in [0, 0.05) is 17.5 Å². The van der Waals surface area contributed by atoms with Crippen molar-refractivity contribution in [2.75, 3.05) is 5.32 Å². The average Bonchev–Trinajstić information content (AvgIpc) is 3.01. The van der Waals surface area contributed by atoms with Gasteiger partial charge in [-0.3, -0.25) is 4.79 Å². The van der Waals surface area contributed by atoms with Gasteiger partial charge in [0.05, 0.1) is 11.2 Å². The number of carbonyl (C=O) groups excluding carboxylic acids is 2. The largest absolute Gasteiger partial charge is 0.443 e. The van der Waals surface area contributed by atoms with Crippen LogP contribution in [0.5, 0.6) is 0 Å². The fourth-order valence-electron chi connectivity index (χ4n) is 3.85. The second kappa shape index (κ2) is 8.45. The first kappa shape index (κ1) is 23.6. The molecule has 1 amide bonds. The number of hydrogen-bond donors (Lipinski definition) is 1. The van der Waals surface area contributed by atoms with Crippen molar-refractivity contribution in [1.29, 1.82) is 0 Å². The van der Waals surface area contributed by atoms with Crippen molar-refractivity contribution in [2.24, 2.45) is 5.41 Å². The predicted octanol–water partition coefficient (Wildman–Crippen LogP) is 7.08. The van der Waals surface area contributed by atoms with E-state index in [-0.39, 0.29) is 11.3 Å². The van der Waals surface area contributed by atoms with Gasteiger partial charge in [0.2, 0.25) is 5.91 Å². The lowest BCUT2D eigenvalue weighted by molar-refractivity contribution is -0.117. The lowest BCUT2D eigenvalue weighted by Crippen LogP contribution is -2.27. The van der Waals surface area contributed by atoms with E-state index in [1.54, 1.807) is 4.57 Å². The molecule has 3 rings (SSSR count). The van der Waals surface area contributed by atoms with E-state index in [1.165, 1.54) is 0 Å². The molecule has 0 bridgehead atoms. The Labute approximate surface area is 190 Å². The van der Waals surface area contributed by atoms with Gasteiger partial charge in [0.25, 0.3) is 0 Å². The summed E-state index contributed by atoms with van der Waals surface area (Å²) in [6.07, 6.45) is 0.0344. The first-order chi connectivity index (χ1) is 14.7. The Morgan fingerprint density at radius 2 is 1.53 bits per heavy atom. The van der Waals surface area contributed by atoms with Gasteiger partial charge >= 0.3 is 6.09 Å². The molecule has 1 heterocycles. The van der Waals surface area contributed by atoms with Crippen LogP contribution in [0.3, 0.4) is 0 Å². The number of aromatic nitrogens is 1. The third-order valence-corrected chi connectivity index (χ3v) is 5.07. The highest BCUT2D eigenvalue weighted by molar-refractivity contribution is 5.97. The minimum Gasteiger partial charge on any atom is -0.443 e. The number of aryl methyl sites for hydroxylation is 2. The molecule has 5 heteroatoms. The Bertz CT molecular complexity index is 1150. The van der Waals surface area contributed by atoms with Crippen LogP contribution in [-0.4, -0.2) is 22.2 Å². The van der Waals surface area contributed by atoms with Crippen molar-refractivity contribution < 1.29 is 14.3 Å². The molecule has 0 aliphatic heterocycles. The van der Waals surface area contributed by atoms with Gasteiger partial charge < -0.3 is 10.1 Å². The summed E-state index contributed by atoms with van der Waals surface area (Å²) in [5, 5.41) is 4.04. The SMILES string of the molecule is Cc1cc(-c2cc3ccccc3n2C(=O)OC(C)(C)C)cc(C)c1NC(=O)CC(C)(C)C. The number of amides is 1. The second-order valence-corrected chi connectivity index (χ2v) is 10.7. The predicted molar refractivity (Wildman–Crippen MR) is 131 cm³/mol. The quantitative estimate of drug-likeness (QED) is 0.479. The number of fused-ring (bicyclic) bond motifs is 1. The van der Waals surface area contributed by atoms with E-state index in [0.717, 1.165) is 39.0 Å². The second-order valence-electron chi connectivity index (χ2n) is 10.7. The number of para-hydroxylation sites is 1. The van der Waals surface area contributed by atoms with Gasteiger partial charge in [-0.15, -0.1) is 0 Å². The number of nitrogens with zero attached hydrogens (tertiary/aromatic N) is 1. The molecular weight excluding hydrogens is 400 g/mol. The lowest BCUT2D eigenvalue weighted by atomic mass is 9.91. The van der Waals surface area contributed by atoms with Gasteiger partial charge in [-0.2, -0.15) is 0 Å². The van der Waals surface area contributed by atoms with Crippen LogP contribution in [-0.2, 0) is 9.53 Å². The van der Waals surface area contributed by atoms with Gasteiger partial charge in [-0.05, 0) is 81.0 Å². The molecule has 0 aliphatic carbocycles. The van der Waals surface area contributed by atoms with Gasteiger partial charge in [-0.25, -0.2) is 9.36 Å². The van der Waals surface area contributed by atoms with Crippen LogP contribution in [0.25, 0.3) is 22.2 Å². The number of rotatable bonds is 3. The summed E-state index contributed by atoms with van der Waals surface area (Å²) in [6.45, 7) is 15.7. The van der Waals surface area contributed by atoms with E-state index in [4.69, 9.17) is 4.74 Å². The molecule has 2 aromatic carbocycles. The molecule has 0 unspecified atom stereocenters. The van der Waals surface area contributed by atoms with Gasteiger partial charge in [-0.1, -0.05) is 39.0 Å². The molecule has 0 fully saturated rings. The van der Waals surface area contributed by atoms with Gasteiger partial charge in [0.15, 0.2) is 0 Å². The minimum absolute atomic E-state index is 0.000631. The number of hydrogen-bond acceptors (Lipinski definition) is 3. The monoisotopic (exact) mass is 434 g/mol. The first-order valence-electron chi connectivity index (χ1n) is 11.0. The van der Waals surface area contributed by atoms with Crippen molar-refractivity contribution in [3.63, 3.8) is 0 Å². The van der Waals surface area contributed by atoms with Crippen LogP contribution in [0.1, 0.15) is 59.1 Å². The summed E-state index contributed by atoms with van der Waals surface area (Å²) in [4.78, 5) is 25.6. The highest BCUT2D eigenvalue weighted by Crippen LogP contribution is 2.33. The topological polar surface area (TPSA) is 60.3 Å². The van der Waals surface area contributed by atoms with Crippen LogP contribution >= 0.6 is 0 Å². The highest BCUT2D eigenvalue weighted by Gasteiger charge is 2.24. The highest BCUT2D eigenvalue weighted by atomic mass is 16.6. The molecular formula is C27H34N2O3. The Morgan fingerprint density at radius 1 is 0.938 bits per heavy atom. The van der Waals surface area contributed by atoms with Crippen molar-refractivity contribution in [3.05, 3.63) is 53.6 Å². The summed E-state index contributed by atoms with van der Waals surface area (Å²) in [6, 6.07) is 13.8. The molecule has 0 radical (unpaired) electrons. The van der Waals surface area contributed by atoms with Crippen molar-refractivity contribution in [2.45, 2.75) is 67.4 Å². The first-order valence-corrected chi connectivity index (χ1v) is 11.0. The van der Waals surface area contributed by atoms with E-state index in [2.05, 4.69) is 5.32 Å². The normalized spacial score (nSPS) is 12.1. The molecule has 0 spiro atoms. The van der Waals surface area contributed by atoms with Crippen LogP contribution < -0.4 is 5.32 Å². The van der Waals surface area contributed by atoms with E-state index >= 15 is 0 Å². The molecule has 0 aliphatic rings. The van der Waals surface area contributed by atoms with E-state index < -0.39 is 11.7 Å². The summed E-state index contributed by atoms with van der Waals surface area (Å²) < 4.78 is 7.33. The molecule has 0 saturated heterocycles. The number of ether oxygens (including phenoxy) is 1. The fourth-order valence-corrected chi connectivity index (χ4v) is 3.85. The fraction of sp³-hybridized carbons (Fsp3) is 0.407. The van der Waals surface area contributed by atoms with E-state index in [1.807, 2.05) is 97.9 Å². The molecule has 5 nitrogen and oxygen atoms in total. The van der Waals surface area contributed by atoms with Crippen LogP contribution in [0.4, 0.5) is 10.5 Å². The zero-order valence-electron chi connectivity index (χ0n) is 20.4.